The van der Waals surface area contributed by atoms with Crippen LogP contribution in [0.5, 0.6) is 5.75 Å². The molecule has 5 heteroatoms. The van der Waals surface area contributed by atoms with Gasteiger partial charge >= 0.3 is 5.97 Å². The Kier molecular flexibility index (Phi) is 4.99. The fourth-order valence-electron chi connectivity index (χ4n) is 2.03. The molecular formula is C17H16N2O3. The van der Waals surface area contributed by atoms with E-state index in [9.17, 15) is 4.79 Å². The first-order valence-corrected chi connectivity index (χ1v) is 6.74. The van der Waals surface area contributed by atoms with Gasteiger partial charge in [-0.15, -0.1) is 0 Å². The van der Waals surface area contributed by atoms with Crippen molar-refractivity contribution >= 4 is 11.7 Å². The monoisotopic (exact) mass is 296 g/mol. The molecule has 0 unspecified atom stereocenters. The van der Waals surface area contributed by atoms with Crippen molar-refractivity contribution in [2.75, 3.05) is 18.5 Å². The molecule has 0 saturated carbocycles. The van der Waals surface area contributed by atoms with Gasteiger partial charge in [-0.2, -0.15) is 5.26 Å². The zero-order valence-corrected chi connectivity index (χ0v) is 12.2. The predicted octanol–water partition coefficient (Wildman–Crippen LogP) is 2.66. The first-order valence-electron chi connectivity index (χ1n) is 6.74. The number of carboxylic acid groups (broad SMARTS) is 1. The minimum Gasteiger partial charge on any atom is -0.487 e. The Hall–Kier alpha value is -3.00. The van der Waals surface area contributed by atoms with Gasteiger partial charge in [0.05, 0.1) is 17.3 Å². The van der Waals surface area contributed by atoms with E-state index in [0.717, 1.165) is 5.56 Å². The number of hydrogen-bond donors (Lipinski definition) is 1. The smallest absolute Gasteiger partial charge is 0.323 e. The van der Waals surface area contributed by atoms with Gasteiger partial charge in [-0.05, 0) is 23.8 Å². The number of likely N-dealkylation sites (N-methyl/N-ethyl adjacent to an activating group) is 1. The molecule has 0 fully saturated rings. The second-order valence-electron chi connectivity index (χ2n) is 4.82. The number of nitriles is 1. The Morgan fingerprint density at radius 3 is 2.64 bits per heavy atom. The van der Waals surface area contributed by atoms with Gasteiger partial charge in [-0.3, -0.25) is 4.79 Å². The number of aliphatic carboxylic acids is 1. The van der Waals surface area contributed by atoms with Crippen molar-refractivity contribution in [2.24, 2.45) is 0 Å². The fourth-order valence-corrected chi connectivity index (χ4v) is 2.03. The van der Waals surface area contributed by atoms with Crippen LogP contribution in [-0.2, 0) is 11.4 Å². The summed E-state index contributed by atoms with van der Waals surface area (Å²) in [5, 5.41) is 17.9. The maximum absolute atomic E-state index is 10.9. The first-order chi connectivity index (χ1) is 10.6. The van der Waals surface area contributed by atoms with Crippen LogP contribution >= 0.6 is 0 Å². The molecule has 2 rings (SSSR count). The Morgan fingerprint density at radius 2 is 2.00 bits per heavy atom. The molecule has 0 radical (unpaired) electrons. The molecule has 0 aliphatic heterocycles. The zero-order valence-electron chi connectivity index (χ0n) is 12.2. The van der Waals surface area contributed by atoms with E-state index in [0.29, 0.717) is 23.6 Å². The van der Waals surface area contributed by atoms with Crippen LogP contribution in [-0.4, -0.2) is 24.7 Å². The standard InChI is InChI=1S/C17H16N2O3/c1-19(11-17(20)21)15-9-14(10-18)7-8-16(15)22-12-13-5-3-2-4-6-13/h2-9H,11-12H2,1H3,(H,20,21). The highest BCUT2D eigenvalue weighted by molar-refractivity contribution is 5.75. The maximum atomic E-state index is 10.9. The van der Waals surface area contributed by atoms with E-state index in [4.69, 9.17) is 15.1 Å². The molecule has 0 aliphatic rings. The Morgan fingerprint density at radius 1 is 1.27 bits per heavy atom. The molecule has 0 bridgehead atoms. The van der Waals surface area contributed by atoms with Crippen LogP contribution in [0.4, 0.5) is 5.69 Å². The topological polar surface area (TPSA) is 73.6 Å². The van der Waals surface area contributed by atoms with Crippen molar-refractivity contribution in [2.45, 2.75) is 6.61 Å². The Balaban J connectivity index is 2.22. The molecule has 0 aliphatic carbocycles. The van der Waals surface area contributed by atoms with Gasteiger partial charge in [0.25, 0.3) is 0 Å². The quantitative estimate of drug-likeness (QED) is 0.887. The molecule has 0 spiro atoms. The third kappa shape index (κ3) is 4.00. The number of carboxylic acids is 1. The summed E-state index contributed by atoms with van der Waals surface area (Å²) >= 11 is 0. The van der Waals surface area contributed by atoms with Gasteiger partial charge in [0.1, 0.15) is 18.9 Å². The third-order valence-electron chi connectivity index (χ3n) is 3.11. The Labute approximate surface area is 129 Å². The Bertz CT molecular complexity index is 693. The number of nitrogens with zero attached hydrogens (tertiary/aromatic N) is 2. The molecule has 0 aromatic heterocycles. The van der Waals surface area contributed by atoms with Crippen LogP contribution in [0, 0.1) is 11.3 Å². The maximum Gasteiger partial charge on any atom is 0.323 e. The van der Waals surface area contributed by atoms with Crippen molar-refractivity contribution in [1.29, 1.82) is 5.26 Å². The van der Waals surface area contributed by atoms with Gasteiger partial charge in [0.2, 0.25) is 0 Å². The van der Waals surface area contributed by atoms with Crippen LogP contribution in [0.3, 0.4) is 0 Å². The molecule has 2 aromatic rings. The van der Waals surface area contributed by atoms with Crippen molar-refractivity contribution < 1.29 is 14.6 Å². The van der Waals surface area contributed by atoms with E-state index in [-0.39, 0.29) is 6.54 Å². The lowest BCUT2D eigenvalue weighted by atomic mass is 10.2. The summed E-state index contributed by atoms with van der Waals surface area (Å²) in [6.07, 6.45) is 0. The average molecular weight is 296 g/mol. The number of anilines is 1. The van der Waals surface area contributed by atoms with Gasteiger partial charge < -0.3 is 14.7 Å². The van der Waals surface area contributed by atoms with E-state index in [1.807, 2.05) is 36.4 Å². The van der Waals surface area contributed by atoms with E-state index < -0.39 is 5.97 Å². The zero-order chi connectivity index (χ0) is 15.9. The molecule has 2 aromatic carbocycles. The van der Waals surface area contributed by atoms with Crippen molar-refractivity contribution in [3.63, 3.8) is 0 Å². The normalized spacial score (nSPS) is 9.82. The summed E-state index contributed by atoms with van der Waals surface area (Å²) in [5.74, 6) is -0.398. The fraction of sp³-hybridized carbons (Fsp3) is 0.176. The molecule has 112 valence electrons. The number of rotatable bonds is 6. The van der Waals surface area contributed by atoms with Gasteiger partial charge in [0.15, 0.2) is 0 Å². The second-order valence-corrected chi connectivity index (χ2v) is 4.82. The van der Waals surface area contributed by atoms with Crippen LogP contribution in [0.25, 0.3) is 0 Å². The van der Waals surface area contributed by atoms with Gasteiger partial charge in [-0.1, -0.05) is 30.3 Å². The van der Waals surface area contributed by atoms with Crippen molar-refractivity contribution in [1.82, 2.24) is 0 Å². The van der Waals surface area contributed by atoms with E-state index in [2.05, 4.69) is 0 Å². The summed E-state index contributed by atoms with van der Waals surface area (Å²) in [4.78, 5) is 12.4. The lowest BCUT2D eigenvalue weighted by Crippen LogP contribution is -2.25. The number of benzene rings is 2. The van der Waals surface area contributed by atoms with E-state index in [1.165, 1.54) is 0 Å². The van der Waals surface area contributed by atoms with Gasteiger partial charge in [-0.25, -0.2) is 0 Å². The van der Waals surface area contributed by atoms with Crippen molar-refractivity contribution in [3.05, 3.63) is 59.7 Å². The van der Waals surface area contributed by atoms with E-state index >= 15 is 0 Å². The van der Waals surface area contributed by atoms with E-state index in [1.54, 1.807) is 30.1 Å². The highest BCUT2D eigenvalue weighted by Gasteiger charge is 2.13. The minimum atomic E-state index is -0.945. The molecular weight excluding hydrogens is 280 g/mol. The highest BCUT2D eigenvalue weighted by atomic mass is 16.5. The molecule has 1 N–H and O–H groups in total. The average Bonchev–Trinajstić information content (AvgIpc) is 2.53. The summed E-state index contributed by atoms with van der Waals surface area (Å²) < 4.78 is 5.78. The van der Waals surface area contributed by atoms with Crippen LogP contribution in [0.15, 0.2) is 48.5 Å². The number of carbonyl (C=O) groups is 1. The molecule has 0 amide bonds. The van der Waals surface area contributed by atoms with Crippen LogP contribution in [0.1, 0.15) is 11.1 Å². The molecule has 0 heterocycles. The summed E-state index contributed by atoms with van der Waals surface area (Å²) in [6.45, 7) is 0.206. The largest absolute Gasteiger partial charge is 0.487 e. The first kappa shape index (κ1) is 15.4. The van der Waals surface area contributed by atoms with Crippen LogP contribution < -0.4 is 9.64 Å². The predicted molar refractivity (Wildman–Crippen MR) is 82.8 cm³/mol. The second kappa shape index (κ2) is 7.14. The molecule has 0 saturated heterocycles. The number of hydrogen-bond acceptors (Lipinski definition) is 4. The summed E-state index contributed by atoms with van der Waals surface area (Å²) in [7, 11) is 1.65. The third-order valence-corrected chi connectivity index (χ3v) is 3.11. The summed E-state index contributed by atoms with van der Waals surface area (Å²) in [5.41, 5.74) is 2.05. The highest BCUT2D eigenvalue weighted by Crippen LogP contribution is 2.29. The molecule has 22 heavy (non-hydrogen) atoms. The SMILES string of the molecule is CN(CC(=O)O)c1cc(C#N)ccc1OCc1ccccc1. The molecule has 0 atom stereocenters. The van der Waals surface area contributed by atoms with Crippen molar-refractivity contribution in [3.8, 4) is 11.8 Å². The minimum absolute atomic E-state index is 0.170. The molecule has 5 nitrogen and oxygen atoms in total. The van der Waals surface area contributed by atoms with Gasteiger partial charge in [0, 0.05) is 7.05 Å². The lowest BCUT2D eigenvalue weighted by molar-refractivity contribution is -0.135. The summed E-state index contributed by atoms with van der Waals surface area (Å²) in [6, 6.07) is 16.7. The lowest BCUT2D eigenvalue weighted by Gasteiger charge is -2.21. The van der Waals surface area contributed by atoms with Crippen LogP contribution in [0.2, 0.25) is 0 Å². The number of ether oxygens (including phenoxy) is 1.